The molecule has 0 bridgehead atoms. The minimum Gasteiger partial charge on any atom is -0.381 e. The Morgan fingerprint density at radius 1 is 1.15 bits per heavy atom. The average Bonchev–Trinajstić information content (AvgIpc) is 3.36. The SMILES string of the molecule is Cc1cc(C(=O)N2CCN(CC3CCOC3)CC2)ccc1NSc1cccc2cccnc12. The monoisotopic (exact) mass is 462 g/mol. The molecule has 1 N–H and O–H groups in total. The Morgan fingerprint density at radius 3 is 2.79 bits per heavy atom. The fourth-order valence-corrected chi connectivity index (χ4v) is 5.45. The summed E-state index contributed by atoms with van der Waals surface area (Å²) >= 11 is 1.55. The number of fused-ring (bicyclic) bond motifs is 1. The fourth-order valence-electron chi connectivity index (χ4n) is 4.59. The van der Waals surface area contributed by atoms with Gasteiger partial charge in [-0.05, 0) is 67.1 Å². The number of amides is 1. The summed E-state index contributed by atoms with van der Waals surface area (Å²) in [5.74, 6) is 0.775. The molecule has 2 aromatic carbocycles. The average molecular weight is 463 g/mol. The Hall–Kier alpha value is -2.61. The van der Waals surface area contributed by atoms with Crippen LogP contribution in [0.5, 0.6) is 0 Å². The third-order valence-corrected chi connectivity index (χ3v) is 7.41. The number of aryl methyl sites for hydroxylation is 1. The van der Waals surface area contributed by atoms with Gasteiger partial charge in [0.1, 0.15) is 0 Å². The van der Waals surface area contributed by atoms with Gasteiger partial charge in [-0.2, -0.15) is 0 Å². The standard InChI is InChI=1S/C26H30N4O2S/c1-19-16-22(26(31)30-13-11-29(12-14-30)17-20-9-15-32-18-20)7-8-23(19)28-33-24-6-2-4-21-5-3-10-27-25(21)24/h2-8,10,16,20,28H,9,11-15,17-18H2,1H3. The molecular weight excluding hydrogens is 432 g/mol. The van der Waals surface area contributed by atoms with Crippen LogP contribution in [-0.4, -0.2) is 66.6 Å². The van der Waals surface area contributed by atoms with E-state index in [4.69, 9.17) is 4.74 Å². The first-order valence-corrected chi connectivity index (χ1v) is 12.5. The van der Waals surface area contributed by atoms with E-state index in [0.29, 0.717) is 5.92 Å². The number of pyridine rings is 1. The lowest BCUT2D eigenvalue weighted by Gasteiger charge is -2.35. The van der Waals surface area contributed by atoms with Crippen molar-refractivity contribution in [1.29, 1.82) is 0 Å². The molecule has 2 aliphatic heterocycles. The lowest BCUT2D eigenvalue weighted by atomic mass is 10.1. The highest BCUT2D eigenvalue weighted by Gasteiger charge is 2.25. The first kappa shape index (κ1) is 22.2. The van der Waals surface area contributed by atoms with Gasteiger partial charge < -0.3 is 14.4 Å². The summed E-state index contributed by atoms with van der Waals surface area (Å²) in [6, 6.07) is 16.1. The van der Waals surface area contributed by atoms with Crippen LogP contribution in [0.25, 0.3) is 10.9 Å². The number of ether oxygens (including phenoxy) is 1. The Morgan fingerprint density at radius 2 is 2.00 bits per heavy atom. The van der Waals surface area contributed by atoms with E-state index in [-0.39, 0.29) is 5.91 Å². The van der Waals surface area contributed by atoms with Crippen LogP contribution in [0.15, 0.2) is 59.6 Å². The van der Waals surface area contributed by atoms with Gasteiger partial charge in [-0.15, -0.1) is 0 Å². The van der Waals surface area contributed by atoms with E-state index < -0.39 is 0 Å². The van der Waals surface area contributed by atoms with Gasteiger partial charge in [0, 0.05) is 62.2 Å². The fraction of sp³-hybridized carbons (Fsp3) is 0.385. The number of nitrogens with zero attached hydrogens (tertiary/aromatic N) is 3. The van der Waals surface area contributed by atoms with Gasteiger partial charge in [0.25, 0.3) is 5.91 Å². The molecular formula is C26H30N4O2S. The number of carbonyl (C=O) groups excluding carboxylic acids is 1. The molecule has 0 saturated carbocycles. The van der Waals surface area contributed by atoms with Crippen LogP contribution in [-0.2, 0) is 4.74 Å². The van der Waals surface area contributed by atoms with E-state index >= 15 is 0 Å². The summed E-state index contributed by atoms with van der Waals surface area (Å²) in [5.41, 5.74) is 3.81. The molecule has 0 spiro atoms. The van der Waals surface area contributed by atoms with Crippen molar-refractivity contribution in [2.24, 2.45) is 5.92 Å². The molecule has 3 heterocycles. The predicted molar refractivity (Wildman–Crippen MR) is 134 cm³/mol. The molecule has 1 atom stereocenters. The predicted octanol–water partition coefficient (Wildman–Crippen LogP) is 4.46. The summed E-state index contributed by atoms with van der Waals surface area (Å²) in [5, 5.41) is 1.12. The maximum Gasteiger partial charge on any atom is 0.253 e. The van der Waals surface area contributed by atoms with E-state index in [2.05, 4.69) is 32.8 Å². The van der Waals surface area contributed by atoms with E-state index in [1.165, 1.54) is 0 Å². The molecule has 2 fully saturated rings. The summed E-state index contributed by atoms with van der Waals surface area (Å²) in [4.78, 5) is 23.1. The van der Waals surface area contributed by atoms with Crippen LogP contribution in [0, 0.1) is 12.8 Å². The van der Waals surface area contributed by atoms with Crippen molar-refractivity contribution in [3.63, 3.8) is 0 Å². The van der Waals surface area contributed by atoms with Gasteiger partial charge in [0.05, 0.1) is 17.0 Å². The molecule has 5 rings (SSSR count). The van der Waals surface area contributed by atoms with Crippen LogP contribution in [0.3, 0.4) is 0 Å². The minimum absolute atomic E-state index is 0.124. The number of nitrogens with one attached hydrogen (secondary N) is 1. The molecule has 7 heteroatoms. The highest BCUT2D eigenvalue weighted by Crippen LogP contribution is 2.29. The molecule has 0 aliphatic carbocycles. The van der Waals surface area contributed by atoms with Gasteiger partial charge in [-0.1, -0.05) is 18.2 Å². The zero-order chi connectivity index (χ0) is 22.6. The number of rotatable bonds is 6. The molecule has 1 unspecified atom stereocenters. The number of aromatic nitrogens is 1. The van der Waals surface area contributed by atoms with Gasteiger partial charge in [0.2, 0.25) is 0 Å². The quantitative estimate of drug-likeness (QED) is 0.546. The second-order valence-corrected chi connectivity index (χ2v) is 9.74. The number of hydrogen-bond donors (Lipinski definition) is 1. The lowest BCUT2D eigenvalue weighted by molar-refractivity contribution is 0.0611. The molecule has 33 heavy (non-hydrogen) atoms. The van der Waals surface area contributed by atoms with Crippen LogP contribution in [0.2, 0.25) is 0 Å². The molecule has 6 nitrogen and oxygen atoms in total. The molecule has 2 aliphatic rings. The van der Waals surface area contributed by atoms with Gasteiger partial charge >= 0.3 is 0 Å². The Bertz CT molecular complexity index is 1120. The maximum atomic E-state index is 13.1. The Labute approximate surface area is 199 Å². The van der Waals surface area contributed by atoms with E-state index in [0.717, 1.165) is 85.0 Å². The number of para-hydroxylation sites is 1. The normalized spacial score (nSPS) is 19.2. The lowest BCUT2D eigenvalue weighted by Crippen LogP contribution is -2.49. The Kier molecular flexibility index (Phi) is 6.80. The minimum atomic E-state index is 0.124. The van der Waals surface area contributed by atoms with Crippen LogP contribution >= 0.6 is 11.9 Å². The zero-order valence-electron chi connectivity index (χ0n) is 19.0. The number of piperazine rings is 1. The van der Waals surface area contributed by atoms with Crippen LogP contribution < -0.4 is 4.72 Å². The topological polar surface area (TPSA) is 57.7 Å². The summed E-state index contributed by atoms with van der Waals surface area (Å²) < 4.78 is 8.94. The van der Waals surface area contributed by atoms with Crippen molar-refractivity contribution in [2.75, 3.05) is 50.7 Å². The molecule has 2 saturated heterocycles. The first-order chi connectivity index (χ1) is 16.2. The number of benzene rings is 2. The Balaban J connectivity index is 1.18. The first-order valence-electron chi connectivity index (χ1n) is 11.6. The van der Waals surface area contributed by atoms with Gasteiger partial charge in [-0.3, -0.25) is 14.7 Å². The van der Waals surface area contributed by atoms with Gasteiger partial charge in [0.15, 0.2) is 0 Å². The third-order valence-electron chi connectivity index (χ3n) is 6.54. The molecule has 0 radical (unpaired) electrons. The summed E-state index contributed by atoms with van der Waals surface area (Å²) in [7, 11) is 0. The summed E-state index contributed by atoms with van der Waals surface area (Å²) in [6.45, 7) is 8.37. The maximum absolute atomic E-state index is 13.1. The van der Waals surface area contributed by atoms with Crippen molar-refractivity contribution in [2.45, 2.75) is 18.2 Å². The van der Waals surface area contributed by atoms with Crippen LogP contribution in [0.4, 0.5) is 5.69 Å². The highest BCUT2D eigenvalue weighted by molar-refractivity contribution is 8.00. The molecule has 3 aromatic rings. The van der Waals surface area contributed by atoms with E-state index in [1.54, 1.807) is 11.9 Å². The zero-order valence-corrected chi connectivity index (χ0v) is 19.8. The number of carbonyl (C=O) groups is 1. The number of anilines is 1. The summed E-state index contributed by atoms with van der Waals surface area (Å²) in [6.07, 6.45) is 2.98. The largest absolute Gasteiger partial charge is 0.381 e. The van der Waals surface area contributed by atoms with E-state index in [1.807, 2.05) is 48.4 Å². The van der Waals surface area contributed by atoms with Crippen molar-refractivity contribution in [3.05, 3.63) is 65.9 Å². The molecule has 172 valence electrons. The highest BCUT2D eigenvalue weighted by atomic mass is 32.2. The molecule has 1 aromatic heterocycles. The van der Waals surface area contributed by atoms with Crippen molar-refractivity contribution >= 4 is 34.4 Å². The second-order valence-electron chi connectivity index (χ2n) is 8.89. The smallest absolute Gasteiger partial charge is 0.253 e. The van der Waals surface area contributed by atoms with E-state index in [9.17, 15) is 4.79 Å². The molecule has 1 amide bonds. The van der Waals surface area contributed by atoms with Crippen molar-refractivity contribution < 1.29 is 9.53 Å². The third kappa shape index (κ3) is 5.16. The number of hydrogen-bond acceptors (Lipinski definition) is 6. The van der Waals surface area contributed by atoms with Crippen molar-refractivity contribution in [1.82, 2.24) is 14.8 Å². The van der Waals surface area contributed by atoms with Crippen LogP contribution in [0.1, 0.15) is 22.3 Å². The second kappa shape index (κ2) is 10.1. The van der Waals surface area contributed by atoms with Gasteiger partial charge in [-0.25, -0.2) is 0 Å². The van der Waals surface area contributed by atoms with Crippen molar-refractivity contribution in [3.8, 4) is 0 Å².